The van der Waals surface area contributed by atoms with Crippen molar-refractivity contribution in [3.8, 4) is 17.2 Å². The number of hydrogen-bond acceptors (Lipinski definition) is 7. The second-order valence-corrected chi connectivity index (χ2v) is 9.74. The molecule has 2 aromatic carbocycles. The van der Waals surface area contributed by atoms with Gasteiger partial charge in [0.05, 0.1) is 19.0 Å². The van der Waals surface area contributed by atoms with E-state index in [1.807, 2.05) is 13.2 Å². The van der Waals surface area contributed by atoms with Gasteiger partial charge in [-0.25, -0.2) is 8.78 Å². The molecule has 6 rings (SSSR count). The molecule has 0 saturated heterocycles. The molecule has 2 aliphatic rings. The average molecular weight is 585 g/mol. The zero-order valence-corrected chi connectivity index (χ0v) is 23.3. The van der Waals surface area contributed by atoms with E-state index >= 15 is 4.39 Å². The minimum Gasteiger partial charge on any atom is -0.493 e. The summed E-state index contributed by atoms with van der Waals surface area (Å²) in [6.45, 7) is 2.57. The fourth-order valence-electron chi connectivity index (χ4n) is 4.98. The van der Waals surface area contributed by atoms with Gasteiger partial charge in [0, 0.05) is 55.1 Å². The van der Waals surface area contributed by atoms with Gasteiger partial charge in [0.1, 0.15) is 22.8 Å². The lowest BCUT2D eigenvalue weighted by atomic mass is 10.1. The quantitative estimate of drug-likeness (QED) is 0.317. The number of hydrazone groups is 1. The molecule has 218 valence electrons. The third-order valence-electron chi connectivity index (χ3n) is 6.93. The zero-order valence-electron chi connectivity index (χ0n) is 23.3. The molecule has 0 fully saturated rings. The summed E-state index contributed by atoms with van der Waals surface area (Å²) in [6.07, 6.45) is 9.08. The van der Waals surface area contributed by atoms with Gasteiger partial charge in [-0.2, -0.15) is 10.2 Å². The molecule has 43 heavy (non-hydrogen) atoms. The number of rotatable bonds is 8. The Kier molecular flexibility index (Phi) is 7.33. The minimum absolute atomic E-state index is 0.0576. The minimum atomic E-state index is -0.794. The Morgan fingerprint density at radius 1 is 1.09 bits per heavy atom. The highest BCUT2D eigenvalue weighted by Gasteiger charge is 2.30. The summed E-state index contributed by atoms with van der Waals surface area (Å²) < 4.78 is 43.2. The van der Waals surface area contributed by atoms with Crippen LogP contribution in [0.4, 0.5) is 14.5 Å². The molecule has 0 atom stereocenters. The summed E-state index contributed by atoms with van der Waals surface area (Å²) in [5.41, 5.74) is 2.15. The topological polar surface area (TPSA) is 103 Å². The Morgan fingerprint density at radius 3 is 2.63 bits per heavy atom. The molecular weight excluding hydrogens is 558 g/mol. The number of fused-ring (bicyclic) bond motifs is 1. The molecule has 0 saturated carbocycles. The van der Waals surface area contributed by atoms with Gasteiger partial charge in [-0.05, 0) is 61.4 Å². The highest BCUT2D eigenvalue weighted by molar-refractivity contribution is 6.06. The summed E-state index contributed by atoms with van der Waals surface area (Å²) >= 11 is 0. The van der Waals surface area contributed by atoms with E-state index in [1.165, 1.54) is 53.2 Å². The van der Waals surface area contributed by atoms with E-state index in [4.69, 9.17) is 9.47 Å². The summed E-state index contributed by atoms with van der Waals surface area (Å²) in [5.74, 6) is -1.55. The maximum atomic E-state index is 15.3. The molecule has 0 bridgehead atoms. The predicted molar refractivity (Wildman–Crippen MR) is 156 cm³/mol. The standard InChI is InChI=1S/C31H26F2N6O4/c1-3-42-26-12-14-38(22-7-4-20(32)5-8-22)31(41)28(26)30(40)36-21-6-9-25(24(33)16-21)43-27-10-13-34-39-15-11-23(29(27)39)19-17-35-37(2)18-19/h4-10,12-14,16-18H,3,11,15H2,1-2H3,(H,36,40). The van der Waals surface area contributed by atoms with Crippen molar-refractivity contribution in [2.45, 2.75) is 13.3 Å². The fraction of sp³-hybridized carbons (Fsp3) is 0.161. The van der Waals surface area contributed by atoms with Crippen molar-refractivity contribution in [3.63, 3.8) is 0 Å². The first-order chi connectivity index (χ1) is 20.8. The monoisotopic (exact) mass is 584 g/mol. The number of carbonyl (C=O) groups is 1. The van der Waals surface area contributed by atoms with Crippen LogP contribution in [0.15, 0.2) is 94.5 Å². The number of halogens is 2. The van der Waals surface area contributed by atoms with Crippen LogP contribution in [0.1, 0.15) is 29.3 Å². The molecule has 10 nitrogen and oxygen atoms in total. The van der Waals surface area contributed by atoms with Gasteiger partial charge < -0.3 is 14.8 Å². The number of carbonyl (C=O) groups excluding carboxylic acids is 1. The van der Waals surface area contributed by atoms with E-state index < -0.39 is 23.1 Å². The predicted octanol–water partition coefficient (Wildman–Crippen LogP) is 4.88. The molecule has 2 aliphatic heterocycles. The van der Waals surface area contributed by atoms with Crippen LogP contribution in [0.5, 0.6) is 11.5 Å². The van der Waals surface area contributed by atoms with Crippen molar-refractivity contribution in [2.75, 3.05) is 18.5 Å². The maximum absolute atomic E-state index is 15.3. The smallest absolute Gasteiger partial charge is 0.271 e. The van der Waals surface area contributed by atoms with Crippen LogP contribution in [0.2, 0.25) is 0 Å². The normalized spacial score (nSPS) is 14.0. The second kappa shape index (κ2) is 11.4. The molecular formula is C31H26F2N6O4. The first-order valence-corrected chi connectivity index (χ1v) is 13.5. The molecule has 2 aromatic heterocycles. The highest BCUT2D eigenvalue weighted by Crippen LogP contribution is 2.38. The first kappa shape index (κ1) is 27.6. The van der Waals surface area contributed by atoms with Crippen LogP contribution in [0.3, 0.4) is 0 Å². The molecule has 1 N–H and O–H groups in total. The zero-order chi connectivity index (χ0) is 30.1. The van der Waals surface area contributed by atoms with E-state index in [0.717, 1.165) is 29.3 Å². The van der Waals surface area contributed by atoms with Crippen LogP contribution in [0.25, 0.3) is 11.3 Å². The van der Waals surface area contributed by atoms with Crippen molar-refractivity contribution in [2.24, 2.45) is 12.1 Å². The van der Waals surface area contributed by atoms with E-state index in [2.05, 4.69) is 15.5 Å². The number of anilines is 1. The molecule has 0 aliphatic carbocycles. The molecule has 1 amide bonds. The summed E-state index contributed by atoms with van der Waals surface area (Å²) in [5, 5.41) is 13.0. The number of ether oxygens (including phenoxy) is 2. The van der Waals surface area contributed by atoms with Crippen molar-refractivity contribution in [3.05, 3.63) is 118 Å². The number of allylic oxidation sites excluding steroid dienone is 1. The Bertz CT molecular complexity index is 1870. The van der Waals surface area contributed by atoms with Gasteiger partial charge >= 0.3 is 0 Å². The summed E-state index contributed by atoms with van der Waals surface area (Å²) in [4.78, 5) is 26.7. The van der Waals surface area contributed by atoms with Gasteiger partial charge in [-0.3, -0.25) is 23.8 Å². The molecule has 0 spiro atoms. The van der Waals surface area contributed by atoms with Crippen molar-refractivity contribution in [1.82, 2.24) is 19.4 Å². The highest BCUT2D eigenvalue weighted by atomic mass is 19.1. The molecule has 12 heteroatoms. The Hall–Kier alpha value is -5.52. The van der Waals surface area contributed by atoms with Crippen LogP contribution < -0.4 is 20.3 Å². The van der Waals surface area contributed by atoms with Gasteiger partial charge in [-0.15, -0.1) is 0 Å². The summed E-state index contributed by atoms with van der Waals surface area (Å²) in [6, 6.07) is 10.7. The maximum Gasteiger partial charge on any atom is 0.271 e. The lowest BCUT2D eigenvalue weighted by Gasteiger charge is -2.22. The van der Waals surface area contributed by atoms with Crippen molar-refractivity contribution in [1.29, 1.82) is 0 Å². The number of benzene rings is 2. The lowest BCUT2D eigenvalue weighted by Crippen LogP contribution is -2.29. The number of nitrogens with one attached hydrogen (secondary N) is 1. The van der Waals surface area contributed by atoms with Crippen LogP contribution in [-0.4, -0.2) is 44.6 Å². The van der Waals surface area contributed by atoms with Crippen molar-refractivity contribution >= 4 is 23.4 Å². The first-order valence-electron chi connectivity index (χ1n) is 13.5. The third-order valence-corrected chi connectivity index (χ3v) is 6.93. The number of nitrogens with zero attached hydrogens (tertiary/aromatic N) is 5. The van der Waals surface area contributed by atoms with Gasteiger partial charge in [0.15, 0.2) is 17.3 Å². The van der Waals surface area contributed by atoms with Crippen LogP contribution in [0, 0.1) is 11.6 Å². The second-order valence-electron chi connectivity index (χ2n) is 9.74. The van der Waals surface area contributed by atoms with E-state index in [1.54, 1.807) is 35.1 Å². The fourth-order valence-corrected chi connectivity index (χ4v) is 4.98. The Labute approximate surface area is 244 Å². The Balaban J connectivity index is 1.26. The number of pyridine rings is 1. The molecule has 4 heterocycles. The van der Waals surface area contributed by atoms with E-state index in [-0.39, 0.29) is 29.4 Å². The Morgan fingerprint density at radius 2 is 1.91 bits per heavy atom. The SMILES string of the molecule is CCOc1ccn(-c2ccc(F)cc2)c(=O)c1C(=O)Nc1ccc(OC2=CC=NN3CCC(c4cnn(C)c4)=C23)c(F)c1. The third kappa shape index (κ3) is 5.42. The lowest BCUT2D eigenvalue weighted by molar-refractivity contribution is 0.102. The van der Waals surface area contributed by atoms with Crippen LogP contribution >= 0.6 is 0 Å². The van der Waals surface area contributed by atoms with Gasteiger partial charge in [0.25, 0.3) is 11.5 Å². The summed E-state index contributed by atoms with van der Waals surface area (Å²) in [7, 11) is 1.83. The average Bonchev–Trinajstić information content (AvgIpc) is 3.62. The van der Waals surface area contributed by atoms with Gasteiger partial charge in [-0.1, -0.05) is 0 Å². The molecule has 0 unspecified atom stereocenters. The number of aromatic nitrogens is 3. The van der Waals surface area contributed by atoms with E-state index in [0.29, 0.717) is 18.0 Å². The van der Waals surface area contributed by atoms with E-state index in [9.17, 15) is 14.0 Å². The van der Waals surface area contributed by atoms with Crippen molar-refractivity contribution < 1.29 is 23.0 Å². The number of hydrogen-bond donors (Lipinski definition) is 1. The van der Waals surface area contributed by atoms with Gasteiger partial charge in [0.2, 0.25) is 0 Å². The number of aryl methyl sites for hydroxylation is 1. The number of amides is 1. The molecule has 0 radical (unpaired) electrons. The van der Waals surface area contributed by atoms with Crippen LogP contribution in [-0.2, 0) is 7.05 Å². The molecule has 4 aromatic rings. The largest absolute Gasteiger partial charge is 0.493 e.